The van der Waals surface area contributed by atoms with Crippen molar-refractivity contribution in [3.63, 3.8) is 0 Å². The fraction of sp³-hybridized carbons (Fsp3) is 0.200. The van der Waals surface area contributed by atoms with Gasteiger partial charge in [-0.25, -0.2) is 4.39 Å². The standard InChI is InChI=1S/C20H16FN3OS/c21-17-8-4-5-9-18(17)23-12-24-19(25)10-15(14-6-2-1-3-7-14)16(11-22)20(24)26-13-23/h1-9,15H,10,12-13H2/t15-/m0/s1. The van der Waals surface area contributed by atoms with Crippen LogP contribution in [0.3, 0.4) is 0 Å². The Bertz CT molecular complexity index is 922. The number of rotatable bonds is 2. The largest absolute Gasteiger partial charge is 0.341 e. The lowest BCUT2D eigenvalue weighted by atomic mass is 9.86. The van der Waals surface area contributed by atoms with E-state index in [1.54, 1.807) is 23.1 Å². The van der Waals surface area contributed by atoms with Crippen molar-refractivity contribution in [2.45, 2.75) is 12.3 Å². The molecule has 0 unspecified atom stereocenters. The molecule has 1 atom stereocenters. The maximum Gasteiger partial charge on any atom is 0.229 e. The van der Waals surface area contributed by atoms with Crippen LogP contribution in [-0.4, -0.2) is 23.4 Å². The molecule has 6 heteroatoms. The number of amides is 1. The van der Waals surface area contributed by atoms with Gasteiger partial charge in [-0.3, -0.25) is 9.69 Å². The van der Waals surface area contributed by atoms with E-state index in [1.165, 1.54) is 17.8 Å². The lowest BCUT2D eigenvalue weighted by Gasteiger charge is -2.42. The molecule has 2 heterocycles. The summed E-state index contributed by atoms with van der Waals surface area (Å²) in [6.07, 6.45) is 0.252. The van der Waals surface area contributed by atoms with Crippen molar-refractivity contribution in [2.24, 2.45) is 0 Å². The monoisotopic (exact) mass is 365 g/mol. The zero-order valence-electron chi connectivity index (χ0n) is 13.9. The van der Waals surface area contributed by atoms with Crippen LogP contribution in [0.1, 0.15) is 17.9 Å². The normalized spacial score (nSPS) is 20.0. The molecule has 0 aliphatic carbocycles. The van der Waals surface area contributed by atoms with E-state index >= 15 is 0 Å². The molecule has 1 saturated heterocycles. The highest BCUT2D eigenvalue weighted by atomic mass is 32.2. The second-order valence-corrected chi connectivity index (χ2v) is 7.16. The van der Waals surface area contributed by atoms with Crippen LogP contribution >= 0.6 is 11.8 Å². The molecule has 0 radical (unpaired) electrons. The number of carbonyl (C=O) groups excluding carboxylic acids is 1. The molecule has 2 aromatic rings. The molecule has 130 valence electrons. The minimum absolute atomic E-state index is 0.0404. The van der Waals surface area contributed by atoms with Crippen molar-refractivity contribution in [3.8, 4) is 6.07 Å². The molecule has 26 heavy (non-hydrogen) atoms. The average molecular weight is 365 g/mol. The number of para-hydroxylation sites is 1. The maximum atomic E-state index is 14.1. The number of hydrogen-bond donors (Lipinski definition) is 0. The molecule has 4 nitrogen and oxygen atoms in total. The second-order valence-electron chi connectivity index (χ2n) is 6.23. The van der Waals surface area contributed by atoms with E-state index in [1.807, 2.05) is 35.2 Å². The maximum absolute atomic E-state index is 14.1. The van der Waals surface area contributed by atoms with Crippen molar-refractivity contribution in [3.05, 3.63) is 76.6 Å². The van der Waals surface area contributed by atoms with Crippen LogP contribution in [0.2, 0.25) is 0 Å². The number of hydrogen-bond acceptors (Lipinski definition) is 4. The zero-order valence-corrected chi connectivity index (χ0v) is 14.7. The second kappa shape index (κ2) is 6.85. The van der Waals surface area contributed by atoms with Gasteiger partial charge in [0.2, 0.25) is 5.91 Å². The summed E-state index contributed by atoms with van der Waals surface area (Å²) in [7, 11) is 0. The number of halogens is 1. The molecule has 0 bridgehead atoms. The molecule has 2 aliphatic heterocycles. The molecular weight excluding hydrogens is 349 g/mol. The van der Waals surface area contributed by atoms with Crippen molar-refractivity contribution in [2.75, 3.05) is 17.4 Å². The summed E-state index contributed by atoms with van der Waals surface area (Å²) in [5, 5.41) is 10.4. The van der Waals surface area contributed by atoms with Gasteiger partial charge in [-0.1, -0.05) is 54.2 Å². The summed E-state index contributed by atoms with van der Waals surface area (Å²) in [5.41, 5.74) is 2.06. The predicted octanol–water partition coefficient (Wildman–Crippen LogP) is 4.05. The molecular formula is C20H16FN3OS. The van der Waals surface area contributed by atoms with Gasteiger partial charge >= 0.3 is 0 Å². The number of allylic oxidation sites excluding steroid dienone is 1. The number of thioether (sulfide) groups is 1. The van der Waals surface area contributed by atoms with Gasteiger partial charge in [0, 0.05) is 12.3 Å². The molecule has 1 fully saturated rings. The zero-order chi connectivity index (χ0) is 18.1. The molecule has 2 aliphatic rings. The molecule has 0 aromatic heterocycles. The van der Waals surface area contributed by atoms with E-state index in [0.717, 1.165) is 5.56 Å². The van der Waals surface area contributed by atoms with Gasteiger partial charge in [-0.05, 0) is 17.7 Å². The smallest absolute Gasteiger partial charge is 0.229 e. The van der Waals surface area contributed by atoms with Crippen LogP contribution in [0.5, 0.6) is 0 Å². The number of benzene rings is 2. The van der Waals surface area contributed by atoms with Crippen LogP contribution < -0.4 is 4.90 Å². The third kappa shape index (κ3) is 2.85. The molecule has 0 saturated carbocycles. The number of fused-ring (bicyclic) bond motifs is 1. The van der Waals surface area contributed by atoms with E-state index < -0.39 is 0 Å². The van der Waals surface area contributed by atoms with Gasteiger partial charge in [0.05, 0.1) is 34.9 Å². The Kier molecular flexibility index (Phi) is 4.39. The molecule has 0 spiro atoms. The first-order valence-corrected chi connectivity index (χ1v) is 9.29. The highest BCUT2D eigenvalue weighted by Gasteiger charge is 2.38. The van der Waals surface area contributed by atoms with E-state index in [4.69, 9.17) is 0 Å². The third-order valence-electron chi connectivity index (χ3n) is 4.69. The predicted molar refractivity (Wildman–Crippen MR) is 99.5 cm³/mol. The van der Waals surface area contributed by atoms with Crippen LogP contribution in [0.4, 0.5) is 10.1 Å². The summed E-state index contributed by atoms with van der Waals surface area (Å²) in [6.45, 7) is 0.259. The van der Waals surface area contributed by atoms with Gasteiger partial charge in [0.25, 0.3) is 0 Å². The minimum atomic E-state index is -0.312. The quantitative estimate of drug-likeness (QED) is 0.806. The third-order valence-corrected chi connectivity index (χ3v) is 5.84. The summed E-state index contributed by atoms with van der Waals surface area (Å²) in [6, 6.07) is 18.5. The highest BCUT2D eigenvalue weighted by molar-refractivity contribution is 8.03. The SMILES string of the molecule is N#CC1=C2SCN(c3ccccc3F)CN2C(=O)C[C@H]1c1ccccc1. The Morgan fingerprint density at radius 3 is 2.58 bits per heavy atom. The summed E-state index contributed by atoms with van der Waals surface area (Å²) >= 11 is 1.42. The van der Waals surface area contributed by atoms with Crippen LogP contribution in [0.15, 0.2) is 65.2 Å². The fourth-order valence-corrected chi connectivity index (χ4v) is 4.55. The number of anilines is 1. The van der Waals surface area contributed by atoms with E-state index in [9.17, 15) is 14.4 Å². The van der Waals surface area contributed by atoms with Crippen molar-refractivity contribution < 1.29 is 9.18 Å². The molecule has 0 N–H and O–H groups in total. The van der Waals surface area contributed by atoms with E-state index in [2.05, 4.69) is 6.07 Å². The number of carbonyl (C=O) groups is 1. The lowest BCUT2D eigenvalue weighted by Crippen LogP contribution is -2.47. The highest BCUT2D eigenvalue weighted by Crippen LogP contribution is 2.43. The first-order valence-electron chi connectivity index (χ1n) is 8.31. The van der Waals surface area contributed by atoms with E-state index in [-0.39, 0.29) is 30.7 Å². The van der Waals surface area contributed by atoms with E-state index in [0.29, 0.717) is 22.2 Å². The summed E-state index contributed by atoms with van der Waals surface area (Å²) in [5.74, 6) is -0.0753. The minimum Gasteiger partial charge on any atom is -0.341 e. The average Bonchev–Trinajstić information content (AvgIpc) is 2.69. The first kappa shape index (κ1) is 16.7. The molecule has 1 amide bonds. The fourth-order valence-electron chi connectivity index (χ4n) is 3.39. The Morgan fingerprint density at radius 2 is 1.85 bits per heavy atom. The Hall–Kier alpha value is -2.78. The van der Waals surface area contributed by atoms with Crippen LogP contribution in [0, 0.1) is 17.1 Å². The van der Waals surface area contributed by atoms with Crippen molar-refractivity contribution >= 4 is 23.4 Å². The van der Waals surface area contributed by atoms with Gasteiger partial charge in [-0.15, -0.1) is 0 Å². The van der Waals surface area contributed by atoms with Crippen molar-refractivity contribution in [1.29, 1.82) is 5.26 Å². The molecule has 4 rings (SSSR count). The summed E-state index contributed by atoms with van der Waals surface area (Å²) in [4.78, 5) is 16.2. The Balaban J connectivity index is 1.68. The Labute approximate surface area is 155 Å². The van der Waals surface area contributed by atoms with Gasteiger partial charge in [0.15, 0.2) is 0 Å². The van der Waals surface area contributed by atoms with Crippen molar-refractivity contribution in [1.82, 2.24) is 4.90 Å². The summed E-state index contributed by atoms with van der Waals surface area (Å²) < 4.78 is 14.1. The van der Waals surface area contributed by atoms with Gasteiger partial charge in [0.1, 0.15) is 5.82 Å². The molecule has 2 aromatic carbocycles. The topological polar surface area (TPSA) is 47.3 Å². The Morgan fingerprint density at radius 1 is 1.12 bits per heavy atom. The van der Waals surface area contributed by atoms with Crippen LogP contribution in [-0.2, 0) is 4.79 Å². The lowest BCUT2D eigenvalue weighted by molar-refractivity contribution is -0.129. The van der Waals surface area contributed by atoms with Gasteiger partial charge in [-0.2, -0.15) is 5.26 Å². The number of nitriles is 1. The first-order chi connectivity index (χ1) is 12.7. The van der Waals surface area contributed by atoms with Gasteiger partial charge < -0.3 is 4.90 Å². The number of nitrogens with zero attached hydrogens (tertiary/aromatic N) is 3. The van der Waals surface area contributed by atoms with Crippen LogP contribution in [0.25, 0.3) is 0 Å².